The summed E-state index contributed by atoms with van der Waals surface area (Å²) in [5.41, 5.74) is 1.38. The fourth-order valence-electron chi connectivity index (χ4n) is 5.28. The van der Waals surface area contributed by atoms with Gasteiger partial charge in [0, 0.05) is 20.6 Å². The van der Waals surface area contributed by atoms with Gasteiger partial charge in [0.05, 0.1) is 4.08 Å². The molecule has 1 aromatic carbocycles. The lowest BCUT2D eigenvalue weighted by molar-refractivity contribution is 0.476. The number of aryl methyl sites for hydroxylation is 1. The molecule has 0 heterocycles. The summed E-state index contributed by atoms with van der Waals surface area (Å²) in [5.74, 6) is 0. The molecule has 3 aliphatic rings. The summed E-state index contributed by atoms with van der Waals surface area (Å²) in [4.78, 5) is 1.48. The standard InChI is InChI=1S/C25H38S3/c1-20-14-16-21(17-15-20)26-24-13-8-18-25(19-24,27-22-9-4-2-5-10-22)28-23-11-6-3-7-12-23/h14-17,22-24H,2-13,18-19H2,1H3. The molecule has 0 aliphatic heterocycles. The average molecular weight is 435 g/mol. The van der Waals surface area contributed by atoms with Crippen molar-refractivity contribution in [1.29, 1.82) is 0 Å². The summed E-state index contributed by atoms with van der Waals surface area (Å²) in [5, 5.41) is 2.68. The van der Waals surface area contributed by atoms with Gasteiger partial charge in [-0.1, -0.05) is 62.6 Å². The van der Waals surface area contributed by atoms with Gasteiger partial charge in [-0.05, 0) is 64.0 Å². The van der Waals surface area contributed by atoms with E-state index in [4.69, 9.17) is 0 Å². The van der Waals surface area contributed by atoms with Gasteiger partial charge < -0.3 is 0 Å². The van der Waals surface area contributed by atoms with Crippen LogP contribution in [0.25, 0.3) is 0 Å². The first-order valence-electron chi connectivity index (χ1n) is 11.8. The lowest BCUT2D eigenvalue weighted by Gasteiger charge is -2.45. The minimum absolute atomic E-state index is 0.505. The summed E-state index contributed by atoms with van der Waals surface area (Å²) in [6, 6.07) is 9.26. The molecule has 3 aliphatic carbocycles. The smallest absolute Gasteiger partial charge is 0.0627 e. The second-order valence-electron chi connectivity index (χ2n) is 9.32. The first-order valence-corrected chi connectivity index (χ1v) is 14.4. The lowest BCUT2D eigenvalue weighted by atomic mass is 9.98. The highest BCUT2D eigenvalue weighted by atomic mass is 32.2. The van der Waals surface area contributed by atoms with Crippen LogP contribution in [-0.4, -0.2) is 19.8 Å². The van der Waals surface area contributed by atoms with Gasteiger partial charge in [-0.15, -0.1) is 35.3 Å². The van der Waals surface area contributed by atoms with E-state index in [1.807, 2.05) is 0 Å². The van der Waals surface area contributed by atoms with Crippen molar-refractivity contribution in [1.82, 2.24) is 0 Å². The first kappa shape index (κ1) is 21.5. The topological polar surface area (TPSA) is 0 Å². The number of thioether (sulfide) groups is 3. The Hall–Kier alpha value is 0.270. The molecular weight excluding hydrogens is 396 g/mol. The molecule has 4 rings (SSSR count). The molecule has 1 aromatic rings. The van der Waals surface area contributed by atoms with Gasteiger partial charge in [-0.25, -0.2) is 0 Å². The summed E-state index contributed by atoms with van der Waals surface area (Å²) >= 11 is 7.07. The van der Waals surface area contributed by atoms with Gasteiger partial charge >= 0.3 is 0 Å². The van der Waals surface area contributed by atoms with E-state index in [-0.39, 0.29) is 0 Å². The average Bonchev–Trinajstić information content (AvgIpc) is 2.71. The zero-order valence-corrected chi connectivity index (χ0v) is 20.1. The van der Waals surface area contributed by atoms with Crippen LogP contribution in [0.4, 0.5) is 0 Å². The van der Waals surface area contributed by atoms with E-state index in [2.05, 4.69) is 66.5 Å². The van der Waals surface area contributed by atoms with E-state index in [1.54, 1.807) is 0 Å². The van der Waals surface area contributed by atoms with Crippen LogP contribution >= 0.6 is 35.3 Å². The Morgan fingerprint density at radius 3 is 1.79 bits per heavy atom. The van der Waals surface area contributed by atoms with Crippen LogP contribution < -0.4 is 0 Å². The summed E-state index contributed by atoms with van der Waals surface area (Å²) in [6.07, 6.45) is 20.5. The Kier molecular flexibility index (Phi) is 8.09. The Morgan fingerprint density at radius 2 is 1.21 bits per heavy atom. The van der Waals surface area contributed by atoms with Crippen LogP contribution in [0.15, 0.2) is 29.2 Å². The van der Waals surface area contributed by atoms with Crippen LogP contribution in [0, 0.1) is 6.92 Å². The maximum atomic E-state index is 2.45. The highest BCUT2D eigenvalue weighted by molar-refractivity contribution is 8.18. The van der Waals surface area contributed by atoms with Crippen molar-refractivity contribution in [3.63, 3.8) is 0 Å². The predicted octanol–water partition coefficient (Wildman–Crippen LogP) is 8.86. The van der Waals surface area contributed by atoms with Crippen molar-refractivity contribution < 1.29 is 0 Å². The number of benzene rings is 1. The lowest BCUT2D eigenvalue weighted by Crippen LogP contribution is -2.35. The quantitative estimate of drug-likeness (QED) is 0.410. The van der Waals surface area contributed by atoms with Crippen molar-refractivity contribution in [3.05, 3.63) is 29.8 Å². The fourth-order valence-corrected chi connectivity index (χ4v) is 11.3. The van der Waals surface area contributed by atoms with Gasteiger partial charge in [0.15, 0.2) is 0 Å². The van der Waals surface area contributed by atoms with E-state index >= 15 is 0 Å². The molecule has 3 fully saturated rings. The zero-order chi connectivity index (χ0) is 19.2. The fraction of sp³-hybridized carbons (Fsp3) is 0.760. The second-order valence-corrected chi connectivity index (χ2v) is 14.3. The molecule has 3 heteroatoms. The van der Waals surface area contributed by atoms with Crippen LogP contribution in [0.1, 0.15) is 95.5 Å². The monoisotopic (exact) mass is 434 g/mol. The normalized spacial score (nSPS) is 27.0. The Morgan fingerprint density at radius 1 is 0.679 bits per heavy atom. The zero-order valence-electron chi connectivity index (χ0n) is 17.7. The molecule has 0 nitrogen and oxygen atoms in total. The highest BCUT2D eigenvalue weighted by Crippen LogP contribution is 2.56. The van der Waals surface area contributed by atoms with Crippen LogP contribution in [0.5, 0.6) is 0 Å². The number of hydrogen-bond donors (Lipinski definition) is 0. The molecule has 28 heavy (non-hydrogen) atoms. The molecule has 0 radical (unpaired) electrons. The van der Waals surface area contributed by atoms with Crippen molar-refractivity contribution >= 4 is 35.3 Å². The number of hydrogen-bond acceptors (Lipinski definition) is 3. The third kappa shape index (κ3) is 6.14. The summed E-state index contributed by atoms with van der Waals surface area (Å²) in [7, 11) is 0. The molecule has 1 unspecified atom stereocenters. The van der Waals surface area contributed by atoms with Crippen molar-refractivity contribution in [3.8, 4) is 0 Å². The Balaban J connectivity index is 1.45. The summed E-state index contributed by atoms with van der Waals surface area (Å²) in [6.45, 7) is 2.20. The van der Waals surface area contributed by atoms with Gasteiger partial charge in [-0.3, -0.25) is 0 Å². The molecule has 0 amide bonds. The molecule has 0 saturated heterocycles. The number of rotatable bonds is 6. The predicted molar refractivity (Wildman–Crippen MR) is 131 cm³/mol. The van der Waals surface area contributed by atoms with Crippen molar-refractivity contribution in [2.45, 2.75) is 122 Å². The van der Waals surface area contributed by atoms with E-state index in [1.165, 1.54) is 100 Å². The maximum Gasteiger partial charge on any atom is 0.0627 e. The molecule has 0 N–H and O–H groups in total. The van der Waals surface area contributed by atoms with Crippen LogP contribution in [0.2, 0.25) is 0 Å². The SMILES string of the molecule is Cc1ccc(SC2CCCC(SC3CCCCC3)(SC3CCCCC3)C2)cc1. The van der Waals surface area contributed by atoms with E-state index in [0.717, 1.165) is 15.7 Å². The van der Waals surface area contributed by atoms with Crippen molar-refractivity contribution in [2.75, 3.05) is 0 Å². The molecule has 0 spiro atoms. The molecule has 3 saturated carbocycles. The van der Waals surface area contributed by atoms with E-state index < -0.39 is 0 Å². The molecule has 0 aromatic heterocycles. The molecular formula is C25H38S3. The van der Waals surface area contributed by atoms with Gasteiger partial charge in [0.25, 0.3) is 0 Å². The van der Waals surface area contributed by atoms with Gasteiger partial charge in [0.2, 0.25) is 0 Å². The third-order valence-electron chi connectivity index (χ3n) is 6.81. The van der Waals surface area contributed by atoms with Crippen LogP contribution in [0.3, 0.4) is 0 Å². The molecule has 0 bridgehead atoms. The third-order valence-corrected chi connectivity index (χ3v) is 11.9. The van der Waals surface area contributed by atoms with Gasteiger partial charge in [0.1, 0.15) is 0 Å². The second kappa shape index (κ2) is 10.5. The summed E-state index contributed by atoms with van der Waals surface area (Å²) < 4.78 is 0.505. The van der Waals surface area contributed by atoms with Gasteiger partial charge in [-0.2, -0.15) is 0 Å². The molecule has 156 valence electrons. The van der Waals surface area contributed by atoms with E-state index in [9.17, 15) is 0 Å². The molecule has 1 atom stereocenters. The Labute approximate surface area is 186 Å². The Bertz CT molecular complexity index is 564. The maximum absolute atomic E-state index is 2.45. The largest absolute Gasteiger partial charge is 0.141 e. The first-order chi connectivity index (χ1) is 13.7. The minimum Gasteiger partial charge on any atom is -0.141 e. The minimum atomic E-state index is 0.505. The van der Waals surface area contributed by atoms with E-state index in [0.29, 0.717) is 4.08 Å². The highest BCUT2D eigenvalue weighted by Gasteiger charge is 2.41. The van der Waals surface area contributed by atoms with Crippen LogP contribution in [-0.2, 0) is 0 Å². The van der Waals surface area contributed by atoms with Crippen molar-refractivity contribution in [2.24, 2.45) is 0 Å².